The number of carboxylic acid groups (broad SMARTS) is 1. The zero-order valence-electron chi connectivity index (χ0n) is 7.33. The molecule has 0 fully saturated rings. The minimum atomic E-state index is -0.840. The van der Waals surface area contributed by atoms with Gasteiger partial charge in [0.15, 0.2) is 0 Å². The lowest BCUT2D eigenvalue weighted by Crippen LogP contribution is -2.00. The molecule has 0 atom stereocenters. The van der Waals surface area contributed by atoms with Gasteiger partial charge in [0.25, 0.3) is 0 Å². The first kappa shape index (κ1) is 11.0. The van der Waals surface area contributed by atoms with E-state index in [0.29, 0.717) is 12.0 Å². The number of nitriles is 1. The summed E-state index contributed by atoms with van der Waals surface area (Å²) >= 11 is 2.07. The second kappa shape index (κ2) is 4.96. The van der Waals surface area contributed by atoms with Crippen LogP contribution in [0.1, 0.15) is 17.5 Å². The molecule has 1 N–H and O–H groups in total. The van der Waals surface area contributed by atoms with E-state index in [1.54, 1.807) is 6.07 Å². The summed E-state index contributed by atoms with van der Waals surface area (Å²) in [4.78, 5) is 10.4. The van der Waals surface area contributed by atoms with Crippen molar-refractivity contribution >= 4 is 28.6 Å². The Morgan fingerprint density at radius 1 is 1.57 bits per heavy atom. The van der Waals surface area contributed by atoms with Gasteiger partial charge in [-0.25, -0.2) is 0 Å². The molecule has 4 heteroatoms. The summed E-state index contributed by atoms with van der Waals surface area (Å²) in [7, 11) is 0. The summed E-state index contributed by atoms with van der Waals surface area (Å²) in [5, 5.41) is 17.4. The van der Waals surface area contributed by atoms with E-state index in [1.807, 2.05) is 12.1 Å². The monoisotopic (exact) mass is 301 g/mol. The first-order chi connectivity index (χ1) is 6.65. The Morgan fingerprint density at radius 2 is 2.29 bits per heavy atom. The molecule has 0 aliphatic heterocycles. The third-order valence-corrected chi connectivity index (χ3v) is 2.72. The zero-order chi connectivity index (χ0) is 10.6. The molecule has 0 spiro atoms. The molecule has 0 bridgehead atoms. The highest BCUT2D eigenvalue weighted by atomic mass is 127. The summed E-state index contributed by atoms with van der Waals surface area (Å²) < 4.78 is 0.869. The fourth-order valence-corrected chi connectivity index (χ4v) is 1.82. The first-order valence-corrected chi connectivity index (χ1v) is 5.12. The van der Waals surface area contributed by atoms with Crippen LogP contribution >= 0.6 is 22.6 Å². The Labute approximate surface area is 95.5 Å². The topological polar surface area (TPSA) is 61.1 Å². The van der Waals surface area contributed by atoms with Crippen LogP contribution < -0.4 is 0 Å². The molecule has 0 unspecified atom stereocenters. The number of hydrogen-bond donors (Lipinski definition) is 1. The molecule has 0 saturated carbocycles. The highest BCUT2D eigenvalue weighted by molar-refractivity contribution is 14.1. The van der Waals surface area contributed by atoms with E-state index in [-0.39, 0.29) is 6.42 Å². The van der Waals surface area contributed by atoms with Gasteiger partial charge < -0.3 is 5.11 Å². The normalized spacial score (nSPS) is 9.43. The number of aliphatic carboxylic acids is 1. The second-order valence-electron chi connectivity index (χ2n) is 2.78. The van der Waals surface area contributed by atoms with E-state index in [4.69, 9.17) is 10.4 Å². The summed E-state index contributed by atoms with van der Waals surface area (Å²) in [6.45, 7) is 0. The van der Waals surface area contributed by atoms with Crippen LogP contribution in [0.15, 0.2) is 18.2 Å². The first-order valence-electron chi connectivity index (χ1n) is 4.04. The molecule has 0 aromatic heterocycles. The summed E-state index contributed by atoms with van der Waals surface area (Å²) in [6.07, 6.45) is 0.476. The van der Waals surface area contributed by atoms with Crippen molar-refractivity contribution in [1.82, 2.24) is 0 Å². The SMILES string of the molecule is N#Cc1c(I)cccc1CCC(=O)O. The number of hydrogen-bond acceptors (Lipinski definition) is 2. The van der Waals surface area contributed by atoms with E-state index < -0.39 is 5.97 Å². The Bertz CT molecular complexity index is 396. The largest absolute Gasteiger partial charge is 0.481 e. The maximum absolute atomic E-state index is 10.4. The quantitative estimate of drug-likeness (QED) is 0.870. The van der Waals surface area contributed by atoms with Gasteiger partial charge in [0, 0.05) is 9.99 Å². The molecule has 0 aliphatic carbocycles. The van der Waals surface area contributed by atoms with E-state index in [1.165, 1.54) is 0 Å². The lowest BCUT2D eigenvalue weighted by atomic mass is 10.0. The molecule has 0 heterocycles. The average molecular weight is 301 g/mol. The van der Waals surface area contributed by atoms with Crippen LogP contribution in [0.3, 0.4) is 0 Å². The zero-order valence-corrected chi connectivity index (χ0v) is 9.48. The van der Waals surface area contributed by atoms with Crippen molar-refractivity contribution in [2.75, 3.05) is 0 Å². The highest BCUT2D eigenvalue weighted by Gasteiger charge is 2.07. The summed E-state index contributed by atoms with van der Waals surface area (Å²) in [6, 6.07) is 7.55. The predicted molar refractivity (Wildman–Crippen MR) is 59.8 cm³/mol. The van der Waals surface area contributed by atoms with Gasteiger partial charge in [-0.3, -0.25) is 4.79 Å². The maximum Gasteiger partial charge on any atom is 0.303 e. The van der Waals surface area contributed by atoms with Crippen LogP contribution in [0.25, 0.3) is 0 Å². The Kier molecular flexibility index (Phi) is 3.89. The second-order valence-corrected chi connectivity index (χ2v) is 3.94. The van der Waals surface area contributed by atoms with Gasteiger partial charge in [-0.15, -0.1) is 0 Å². The number of carbonyl (C=O) groups is 1. The Morgan fingerprint density at radius 3 is 2.86 bits per heavy atom. The molecule has 3 nitrogen and oxygen atoms in total. The van der Waals surface area contributed by atoms with Gasteiger partial charge in [0.2, 0.25) is 0 Å². The molecule has 1 aromatic carbocycles. The van der Waals surface area contributed by atoms with Crippen molar-refractivity contribution in [3.63, 3.8) is 0 Å². The molecule has 1 aromatic rings. The molecular formula is C10H8INO2. The molecule has 0 aliphatic rings. The molecule has 0 amide bonds. The molecular weight excluding hydrogens is 293 g/mol. The van der Waals surface area contributed by atoms with Crippen molar-refractivity contribution in [2.45, 2.75) is 12.8 Å². The van der Waals surface area contributed by atoms with Gasteiger partial charge in [0.1, 0.15) is 6.07 Å². The minimum Gasteiger partial charge on any atom is -0.481 e. The predicted octanol–water partition coefficient (Wildman–Crippen LogP) is 2.18. The third-order valence-electron chi connectivity index (χ3n) is 1.82. The van der Waals surface area contributed by atoms with Crippen LogP contribution in [-0.2, 0) is 11.2 Å². The van der Waals surface area contributed by atoms with Crippen LogP contribution in [0.5, 0.6) is 0 Å². The number of benzene rings is 1. The molecule has 0 saturated heterocycles. The van der Waals surface area contributed by atoms with Gasteiger partial charge in [-0.2, -0.15) is 5.26 Å². The van der Waals surface area contributed by atoms with Gasteiger partial charge in [-0.1, -0.05) is 12.1 Å². The minimum absolute atomic E-state index is 0.0643. The Balaban J connectivity index is 2.92. The van der Waals surface area contributed by atoms with E-state index >= 15 is 0 Å². The van der Waals surface area contributed by atoms with Gasteiger partial charge >= 0.3 is 5.97 Å². The van der Waals surface area contributed by atoms with E-state index in [0.717, 1.165) is 9.13 Å². The fraction of sp³-hybridized carbons (Fsp3) is 0.200. The van der Waals surface area contributed by atoms with Crippen LogP contribution in [0.4, 0.5) is 0 Å². The smallest absolute Gasteiger partial charge is 0.303 e. The van der Waals surface area contributed by atoms with Crippen molar-refractivity contribution in [3.8, 4) is 6.07 Å². The van der Waals surface area contributed by atoms with Crippen molar-refractivity contribution < 1.29 is 9.90 Å². The molecule has 0 radical (unpaired) electrons. The number of aryl methyl sites for hydroxylation is 1. The van der Waals surface area contributed by atoms with Crippen molar-refractivity contribution in [1.29, 1.82) is 5.26 Å². The van der Waals surface area contributed by atoms with Gasteiger partial charge in [-0.05, 0) is 40.6 Å². The summed E-state index contributed by atoms with van der Waals surface area (Å²) in [5.41, 5.74) is 1.40. The van der Waals surface area contributed by atoms with Crippen LogP contribution in [-0.4, -0.2) is 11.1 Å². The molecule has 1 rings (SSSR count). The average Bonchev–Trinajstić information content (AvgIpc) is 2.14. The van der Waals surface area contributed by atoms with Crippen LogP contribution in [0, 0.1) is 14.9 Å². The molecule has 14 heavy (non-hydrogen) atoms. The molecule has 72 valence electrons. The van der Waals surface area contributed by atoms with Crippen molar-refractivity contribution in [2.24, 2.45) is 0 Å². The number of carboxylic acids is 1. The lowest BCUT2D eigenvalue weighted by molar-refractivity contribution is -0.136. The standard InChI is InChI=1S/C10H8INO2/c11-9-3-1-2-7(8(9)6-12)4-5-10(13)14/h1-3H,4-5H2,(H,13,14). The number of halogens is 1. The van der Waals surface area contributed by atoms with Gasteiger partial charge in [0.05, 0.1) is 5.56 Å². The third kappa shape index (κ3) is 2.70. The highest BCUT2D eigenvalue weighted by Crippen LogP contribution is 2.17. The number of nitrogens with zero attached hydrogens (tertiary/aromatic N) is 1. The van der Waals surface area contributed by atoms with E-state index in [2.05, 4.69) is 28.7 Å². The summed E-state index contributed by atoms with van der Waals surface area (Å²) in [5.74, 6) is -0.840. The maximum atomic E-state index is 10.4. The van der Waals surface area contributed by atoms with Crippen LogP contribution in [0.2, 0.25) is 0 Å². The Hall–Kier alpha value is -1.09. The number of rotatable bonds is 3. The fourth-order valence-electron chi connectivity index (χ4n) is 1.14. The van der Waals surface area contributed by atoms with E-state index in [9.17, 15) is 4.79 Å². The lowest BCUT2D eigenvalue weighted by Gasteiger charge is -2.03. The van der Waals surface area contributed by atoms with Crippen molar-refractivity contribution in [3.05, 3.63) is 32.9 Å².